The van der Waals surface area contributed by atoms with Crippen molar-refractivity contribution in [1.29, 1.82) is 0 Å². The third kappa shape index (κ3) is 3.70. The predicted octanol–water partition coefficient (Wildman–Crippen LogP) is 4.83. The summed E-state index contributed by atoms with van der Waals surface area (Å²) in [6.45, 7) is 5.86. The molecule has 0 saturated carbocycles. The van der Waals surface area contributed by atoms with Crippen molar-refractivity contribution in [2.45, 2.75) is 39.5 Å². The maximum atomic E-state index is 12.5. The number of carbonyl (C=O) groups is 2. The number of hydrogen-bond donors (Lipinski definition) is 0. The van der Waals surface area contributed by atoms with Crippen molar-refractivity contribution in [3.8, 4) is 0 Å². The van der Waals surface area contributed by atoms with E-state index in [0.717, 1.165) is 12.0 Å². The molecule has 2 rings (SSSR count). The lowest BCUT2D eigenvalue weighted by molar-refractivity contribution is 0.0969. The van der Waals surface area contributed by atoms with Crippen LogP contribution in [0.4, 0.5) is 0 Å². The highest BCUT2D eigenvalue weighted by molar-refractivity contribution is 6.08. The number of rotatable bonds is 6. The van der Waals surface area contributed by atoms with Crippen LogP contribution in [0.5, 0.6) is 0 Å². The fourth-order valence-electron chi connectivity index (χ4n) is 2.51. The quantitative estimate of drug-likeness (QED) is 0.715. The van der Waals surface area contributed by atoms with Crippen molar-refractivity contribution in [2.24, 2.45) is 0 Å². The SMILES string of the molecule is CCC(C)c1ccc(CC(=O)c2ccccc2C(C)=O)cc1. The normalized spacial score (nSPS) is 12.0. The molecule has 0 bridgehead atoms. The van der Waals surface area contributed by atoms with E-state index in [1.165, 1.54) is 12.5 Å². The molecule has 0 aromatic heterocycles. The standard InChI is InChI=1S/C20H22O2/c1-4-14(2)17-11-9-16(10-12-17)13-20(22)19-8-6-5-7-18(19)15(3)21/h5-12,14H,4,13H2,1-3H3. The van der Waals surface area contributed by atoms with Gasteiger partial charge in [-0.1, -0.05) is 62.4 Å². The summed E-state index contributed by atoms with van der Waals surface area (Å²) in [4.78, 5) is 24.1. The molecule has 0 saturated heterocycles. The molecule has 0 spiro atoms. The van der Waals surface area contributed by atoms with Gasteiger partial charge in [-0.05, 0) is 30.4 Å². The molecule has 0 aliphatic rings. The zero-order valence-corrected chi connectivity index (χ0v) is 13.4. The van der Waals surface area contributed by atoms with Gasteiger partial charge in [0.15, 0.2) is 11.6 Å². The average Bonchev–Trinajstić information content (AvgIpc) is 2.54. The van der Waals surface area contributed by atoms with Crippen LogP contribution in [0.25, 0.3) is 0 Å². The molecular weight excluding hydrogens is 272 g/mol. The van der Waals surface area contributed by atoms with E-state index < -0.39 is 0 Å². The second kappa shape index (κ2) is 7.17. The molecule has 0 aliphatic heterocycles. The lowest BCUT2D eigenvalue weighted by atomic mass is 9.94. The van der Waals surface area contributed by atoms with Gasteiger partial charge in [-0.3, -0.25) is 9.59 Å². The number of ketones is 2. The molecule has 0 radical (unpaired) electrons. The van der Waals surface area contributed by atoms with Gasteiger partial charge in [0.2, 0.25) is 0 Å². The Labute approximate surface area is 132 Å². The van der Waals surface area contributed by atoms with Crippen LogP contribution in [0.2, 0.25) is 0 Å². The highest BCUT2D eigenvalue weighted by atomic mass is 16.1. The molecule has 22 heavy (non-hydrogen) atoms. The predicted molar refractivity (Wildman–Crippen MR) is 89.6 cm³/mol. The smallest absolute Gasteiger partial charge is 0.167 e. The highest BCUT2D eigenvalue weighted by Gasteiger charge is 2.14. The van der Waals surface area contributed by atoms with E-state index >= 15 is 0 Å². The Hall–Kier alpha value is -2.22. The van der Waals surface area contributed by atoms with Crippen LogP contribution < -0.4 is 0 Å². The van der Waals surface area contributed by atoms with E-state index in [1.54, 1.807) is 24.3 Å². The van der Waals surface area contributed by atoms with E-state index in [0.29, 0.717) is 23.5 Å². The van der Waals surface area contributed by atoms with Crippen LogP contribution >= 0.6 is 0 Å². The van der Waals surface area contributed by atoms with Crippen molar-refractivity contribution in [3.63, 3.8) is 0 Å². The van der Waals surface area contributed by atoms with E-state index in [4.69, 9.17) is 0 Å². The summed E-state index contributed by atoms with van der Waals surface area (Å²) in [6.07, 6.45) is 1.43. The first kappa shape index (κ1) is 16.2. The minimum Gasteiger partial charge on any atom is -0.294 e. The molecule has 2 aromatic rings. The first-order valence-corrected chi connectivity index (χ1v) is 7.75. The van der Waals surface area contributed by atoms with Gasteiger partial charge in [-0.2, -0.15) is 0 Å². The molecule has 0 fully saturated rings. The zero-order chi connectivity index (χ0) is 16.1. The first-order chi connectivity index (χ1) is 10.5. The Morgan fingerprint density at radius 2 is 1.55 bits per heavy atom. The van der Waals surface area contributed by atoms with Crippen LogP contribution in [0.3, 0.4) is 0 Å². The Morgan fingerprint density at radius 1 is 0.955 bits per heavy atom. The molecular formula is C20H22O2. The number of carbonyl (C=O) groups excluding carboxylic acids is 2. The van der Waals surface area contributed by atoms with Gasteiger partial charge < -0.3 is 0 Å². The molecule has 2 aromatic carbocycles. The first-order valence-electron chi connectivity index (χ1n) is 7.75. The van der Waals surface area contributed by atoms with E-state index in [2.05, 4.69) is 26.0 Å². The van der Waals surface area contributed by atoms with Crippen molar-refractivity contribution in [3.05, 3.63) is 70.8 Å². The number of benzene rings is 2. The van der Waals surface area contributed by atoms with Crippen LogP contribution in [-0.2, 0) is 6.42 Å². The van der Waals surface area contributed by atoms with Crippen LogP contribution in [0.15, 0.2) is 48.5 Å². The summed E-state index contributed by atoms with van der Waals surface area (Å²) in [5.41, 5.74) is 3.29. The average molecular weight is 294 g/mol. The summed E-state index contributed by atoms with van der Waals surface area (Å²) in [5, 5.41) is 0. The van der Waals surface area contributed by atoms with Gasteiger partial charge >= 0.3 is 0 Å². The van der Waals surface area contributed by atoms with Gasteiger partial charge in [0, 0.05) is 17.5 Å². The molecule has 2 heteroatoms. The van der Waals surface area contributed by atoms with E-state index in [9.17, 15) is 9.59 Å². The minimum atomic E-state index is -0.0731. The van der Waals surface area contributed by atoms with Gasteiger partial charge in [-0.15, -0.1) is 0 Å². The van der Waals surface area contributed by atoms with Crippen molar-refractivity contribution < 1.29 is 9.59 Å². The second-order valence-electron chi connectivity index (χ2n) is 5.75. The molecule has 0 heterocycles. The third-order valence-corrected chi connectivity index (χ3v) is 4.13. The highest BCUT2D eigenvalue weighted by Crippen LogP contribution is 2.20. The van der Waals surface area contributed by atoms with Gasteiger partial charge in [-0.25, -0.2) is 0 Å². The monoisotopic (exact) mass is 294 g/mol. The molecule has 0 N–H and O–H groups in total. The topological polar surface area (TPSA) is 34.1 Å². The third-order valence-electron chi connectivity index (χ3n) is 4.13. The number of Topliss-reactive ketones (excluding diaryl/α,β-unsaturated/α-hetero) is 2. The molecule has 2 nitrogen and oxygen atoms in total. The fraction of sp³-hybridized carbons (Fsp3) is 0.300. The molecule has 114 valence electrons. The van der Waals surface area contributed by atoms with Crippen molar-refractivity contribution in [1.82, 2.24) is 0 Å². The minimum absolute atomic E-state index is 0.0120. The summed E-state index contributed by atoms with van der Waals surface area (Å²) >= 11 is 0. The molecule has 1 unspecified atom stereocenters. The van der Waals surface area contributed by atoms with Gasteiger partial charge in [0.25, 0.3) is 0 Å². The maximum absolute atomic E-state index is 12.5. The summed E-state index contributed by atoms with van der Waals surface area (Å²) in [6, 6.07) is 15.2. The van der Waals surface area contributed by atoms with Crippen LogP contribution in [-0.4, -0.2) is 11.6 Å². The largest absolute Gasteiger partial charge is 0.294 e. The Kier molecular flexibility index (Phi) is 5.26. The van der Waals surface area contributed by atoms with Crippen LogP contribution in [0, 0.1) is 0 Å². The summed E-state index contributed by atoms with van der Waals surface area (Å²) < 4.78 is 0. The Morgan fingerprint density at radius 3 is 2.09 bits per heavy atom. The lowest BCUT2D eigenvalue weighted by Crippen LogP contribution is -2.09. The Balaban J connectivity index is 2.17. The number of hydrogen-bond acceptors (Lipinski definition) is 2. The van der Waals surface area contributed by atoms with Crippen molar-refractivity contribution in [2.75, 3.05) is 0 Å². The Bertz CT molecular complexity index is 668. The lowest BCUT2D eigenvalue weighted by Gasteiger charge is -2.10. The van der Waals surface area contributed by atoms with Gasteiger partial charge in [0.05, 0.1) is 0 Å². The summed E-state index contributed by atoms with van der Waals surface area (Å²) in [7, 11) is 0. The maximum Gasteiger partial charge on any atom is 0.167 e. The van der Waals surface area contributed by atoms with E-state index in [-0.39, 0.29) is 11.6 Å². The van der Waals surface area contributed by atoms with Crippen molar-refractivity contribution >= 4 is 11.6 Å². The fourth-order valence-corrected chi connectivity index (χ4v) is 2.51. The molecule has 1 atom stereocenters. The van der Waals surface area contributed by atoms with Crippen LogP contribution in [0.1, 0.15) is 65.0 Å². The van der Waals surface area contributed by atoms with Gasteiger partial charge in [0.1, 0.15) is 0 Å². The molecule has 0 aliphatic carbocycles. The molecule has 0 amide bonds. The second-order valence-corrected chi connectivity index (χ2v) is 5.75. The zero-order valence-electron chi connectivity index (χ0n) is 13.4. The summed E-state index contributed by atoms with van der Waals surface area (Å²) in [5.74, 6) is 0.446. The van der Waals surface area contributed by atoms with E-state index in [1.807, 2.05) is 12.1 Å².